The molecular weight excluding hydrogens is 244 g/mol. The van der Waals surface area contributed by atoms with E-state index < -0.39 is 11.9 Å². The van der Waals surface area contributed by atoms with E-state index >= 15 is 0 Å². The van der Waals surface area contributed by atoms with Crippen LogP contribution in [0.3, 0.4) is 0 Å². The van der Waals surface area contributed by atoms with Gasteiger partial charge in [-0.25, -0.2) is 0 Å². The number of rotatable bonds is 5. The van der Waals surface area contributed by atoms with E-state index in [2.05, 4.69) is 10.2 Å². The molecule has 0 spiro atoms. The molecule has 2 saturated carbocycles. The van der Waals surface area contributed by atoms with Crippen LogP contribution in [-0.2, 0) is 9.59 Å². The SMILES string of the molecule is CN(C)C1(CNC(=O)[C@@H]2CCC[C@@H]2C(=O)O)CCC1. The van der Waals surface area contributed by atoms with Crippen LogP contribution in [0.5, 0.6) is 0 Å². The number of carbonyl (C=O) groups is 2. The van der Waals surface area contributed by atoms with Gasteiger partial charge in [-0.2, -0.15) is 0 Å². The summed E-state index contributed by atoms with van der Waals surface area (Å²) in [5.74, 6) is -1.73. The minimum atomic E-state index is -0.830. The molecule has 5 heteroatoms. The first-order valence-electron chi connectivity index (χ1n) is 7.14. The molecule has 2 atom stereocenters. The fourth-order valence-electron chi connectivity index (χ4n) is 3.32. The van der Waals surface area contributed by atoms with E-state index in [0.29, 0.717) is 19.4 Å². The second-order valence-electron chi connectivity index (χ2n) is 6.17. The zero-order valence-corrected chi connectivity index (χ0v) is 11.8. The second-order valence-corrected chi connectivity index (χ2v) is 6.17. The molecule has 0 aliphatic heterocycles. The van der Waals surface area contributed by atoms with Crippen LogP contribution in [0.25, 0.3) is 0 Å². The molecule has 2 fully saturated rings. The highest BCUT2D eigenvalue weighted by Gasteiger charge is 2.41. The standard InChI is InChI=1S/C14H24N2O3/c1-16(2)14(7-4-8-14)9-15-12(17)10-5-3-6-11(10)13(18)19/h10-11H,3-9H2,1-2H3,(H,15,17)(H,18,19)/t10-,11+/m1/s1. The summed E-state index contributed by atoms with van der Waals surface area (Å²) in [5, 5.41) is 12.1. The lowest BCUT2D eigenvalue weighted by atomic mass is 9.75. The Labute approximate surface area is 114 Å². The van der Waals surface area contributed by atoms with E-state index in [1.807, 2.05) is 14.1 Å². The lowest BCUT2D eigenvalue weighted by Crippen LogP contribution is -2.57. The van der Waals surface area contributed by atoms with E-state index in [4.69, 9.17) is 5.11 Å². The number of carbonyl (C=O) groups excluding carboxylic acids is 1. The molecule has 0 heterocycles. The van der Waals surface area contributed by atoms with Gasteiger partial charge in [-0.15, -0.1) is 0 Å². The van der Waals surface area contributed by atoms with Crippen molar-refractivity contribution in [2.45, 2.75) is 44.1 Å². The summed E-state index contributed by atoms with van der Waals surface area (Å²) in [7, 11) is 4.09. The van der Waals surface area contributed by atoms with Gasteiger partial charge in [-0.1, -0.05) is 6.42 Å². The first-order valence-corrected chi connectivity index (χ1v) is 7.14. The number of hydrogen-bond donors (Lipinski definition) is 2. The van der Waals surface area contributed by atoms with Gasteiger partial charge in [0.15, 0.2) is 0 Å². The Morgan fingerprint density at radius 3 is 2.32 bits per heavy atom. The third-order valence-electron chi connectivity index (χ3n) is 4.99. The van der Waals surface area contributed by atoms with Gasteiger partial charge in [0.05, 0.1) is 11.8 Å². The smallest absolute Gasteiger partial charge is 0.307 e. The van der Waals surface area contributed by atoms with Crippen molar-refractivity contribution in [2.24, 2.45) is 11.8 Å². The minimum Gasteiger partial charge on any atom is -0.481 e. The second kappa shape index (κ2) is 5.49. The first kappa shape index (κ1) is 14.3. The molecule has 19 heavy (non-hydrogen) atoms. The van der Waals surface area contributed by atoms with E-state index in [9.17, 15) is 9.59 Å². The van der Waals surface area contributed by atoms with Gasteiger partial charge < -0.3 is 15.3 Å². The summed E-state index contributed by atoms with van der Waals surface area (Å²) in [6.07, 6.45) is 5.59. The highest BCUT2D eigenvalue weighted by atomic mass is 16.4. The number of aliphatic carboxylic acids is 1. The van der Waals surface area contributed by atoms with Crippen molar-refractivity contribution in [1.82, 2.24) is 10.2 Å². The van der Waals surface area contributed by atoms with E-state index in [-0.39, 0.29) is 17.4 Å². The van der Waals surface area contributed by atoms with Crippen LogP contribution >= 0.6 is 0 Å². The van der Waals surface area contributed by atoms with Crippen LogP contribution in [0.4, 0.5) is 0 Å². The van der Waals surface area contributed by atoms with Gasteiger partial charge in [0.1, 0.15) is 0 Å². The lowest BCUT2D eigenvalue weighted by Gasteiger charge is -2.47. The van der Waals surface area contributed by atoms with Crippen molar-refractivity contribution in [3.8, 4) is 0 Å². The Hall–Kier alpha value is -1.10. The van der Waals surface area contributed by atoms with Gasteiger partial charge in [-0.3, -0.25) is 9.59 Å². The molecule has 2 aliphatic rings. The zero-order chi connectivity index (χ0) is 14.0. The average molecular weight is 268 g/mol. The minimum absolute atomic E-state index is 0.0713. The third-order valence-corrected chi connectivity index (χ3v) is 4.99. The number of likely N-dealkylation sites (N-methyl/N-ethyl adjacent to an activating group) is 1. The van der Waals surface area contributed by atoms with Crippen LogP contribution in [0.1, 0.15) is 38.5 Å². The number of hydrogen-bond acceptors (Lipinski definition) is 3. The topological polar surface area (TPSA) is 69.6 Å². The van der Waals surface area contributed by atoms with Gasteiger partial charge in [0.2, 0.25) is 5.91 Å². The van der Waals surface area contributed by atoms with E-state index in [1.54, 1.807) is 0 Å². The molecule has 0 radical (unpaired) electrons. The molecule has 0 unspecified atom stereocenters. The van der Waals surface area contributed by atoms with E-state index in [1.165, 1.54) is 6.42 Å². The Morgan fingerprint density at radius 1 is 1.21 bits per heavy atom. The van der Waals surface area contributed by atoms with Crippen LogP contribution < -0.4 is 5.32 Å². The third kappa shape index (κ3) is 2.76. The predicted octanol–water partition coefficient (Wildman–Crippen LogP) is 1.09. The number of carboxylic acid groups (broad SMARTS) is 1. The molecule has 0 aromatic rings. The molecule has 0 aromatic heterocycles. The Morgan fingerprint density at radius 2 is 1.84 bits per heavy atom. The fourth-order valence-corrected chi connectivity index (χ4v) is 3.32. The molecule has 1 amide bonds. The number of carboxylic acids is 1. The normalized spacial score (nSPS) is 29.0. The van der Waals surface area contributed by atoms with Crippen LogP contribution in [0.2, 0.25) is 0 Å². The Bertz CT molecular complexity index is 364. The molecule has 2 aliphatic carbocycles. The largest absolute Gasteiger partial charge is 0.481 e. The first-order chi connectivity index (χ1) is 8.96. The van der Waals surface area contributed by atoms with Crippen molar-refractivity contribution in [3.63, 3.8) is 0 Å². The fraction of sp³-hybridized carbons (Fsp3) is 0.857. The summed E-state index contributed by atoms with van der Waals surface area (Å²) in [5.41, 5.74) is 0.0903. The quantitative estimate of drug-likeness (QED) is 0.783. The molecule has 0 bridgehead atoms. The summed E-state index contributed by atoms with van der Waals surface area (Å²) >= 11 is 0. The van der Waals surface area contributed by atoms with Crippen LogP contribution in [0, 0.1) is 11.8 Å². The average Bonchev–Trinajstić information content (AvgIpc) is 2.75. The van der Waals surface area contributed by atoms with Gasteiger partial charge >= 0.3 is 5.97 Å². The van der Waals surface area contributed by atoms with Crippen molar-refractivity contribution in [2.75, 3.05) is 20.6 Å². The van der Waals surface area contributed by atoms with Crippen molar-refractivity contribution < 1.29 is 14.7 Å². The maximum atomic E-state index is 12.2. The van der Waals surface area contributed by atoms with Crippen molar-refractivity contribution in [3.05, 3.63) is 0 Å². The maximum Gasteiger partial charge on any atom is 0.307 e. The number of amides is 1. The molecule has 108 valence electrons. The Kier molecular flexibility index (Phi) is 4.13. The monoisotopic (exact) mass is 268 g/mol. The molecule has 0 saturated heterocycles. The highest BCUT2D eigenvalue weighted by Crippen LogP contribution is 2.36. The van der Waals surface area contributed by atoms with Crippen LogP contribution in [-0.4, -0.2) is 48.1 Å². The predicted molar refractivity (Wildman–Crippen MR) is 71.7 cm³/mol. The molecule has 5 nitrogen and oxygen atoms in total. The maximum absolute atomic E-state index is 12.2. The van der Waals surface area contributed by atoms with Gasteiger partial charge in [-0.05, 0) is 46.2 Å². The summed E-state index contributed by atoms with van der Waals surface area (Å²) < 4.78 is 0. The van der Waals surface area contributed by atoms with Crippen molar-refractivity contribution >= 4 is 11.9 Å². The van der Waals surface area contributed by atoms with Gasteiger partial charge in [0, 0.05) is 12.1 Å². The van der Waals surface area contributed by atoms with Crippen LogP contribution in [0.15, 0.2) is 0 Å². The molecule has 0 aromatic carbocycles. The number of nitrogens with one attached hydrogen (secondary N) is 1. The zero-order valence-electron chi connectivity index (χ0n) is 11.8. The highest BCUT2D eigenvalue weighted by molar-refractivity contribution is 5.85. The summed E-state index contributed by atoms with van der Waals surface area (Å²) in [6.45, 7) is 0.641. The van der Waals surface area contributed by atoms with Gasteiger partial charge in [0.25, 0.3) is 0 Å². The van der Waals surface area contributed by atoms with E-state index in [0.717, 1.165) is 19.3 Å². The van der Waals surface area contributed by atoms with Crippen molar-refractivity contribution in [1.29, 1.82) is 0 Å². The molecule has 2 N–H and O–H groups in total. The molecule has 2 rings (SSSR count). The lowest BCUT2D eigenvalue weighted by molar-refractivity contribution is -0.146. The molecular formula is C14H24N2O3. The summed E-state index contributed by atoms with van der Waals surface area (Å²) in [6, 6.07) is 0. The summed E-state index contributed by atoms with van der Waals surface area (Å²) in [4.78, 5) is 25.5. The Balaban J connectivity index is 1.89. The number of nitrogens with zero attached hydrogens (tertiary/aromatic N) is 1.